The maximum atomic E-state index is 12.7. The van der Waals surface area contributed by atoms with Gasteiger partial charge in [0.25, 0.3) is 0 Å². The molecule has 5 heteroatoms. The second-order valence-corrected chi connectivity index (χ2v) is 5.89. The molecule has 1 aromatic rings. The Hall–Kier alpha value is -0.780. The molecule has 2 unspecified atom stereocenters. The Morgan fingerprint density at radius 2 is 2.21 bits per heavy atom. The molecule has 1 heterocycles. The van der Waals surface area contributed by atoms with E-state index in [1.807, 2.05) is 11.8 Å². The number of thioether (sulfide) groups is 1. The molecule has 3 nitrogen and oxygen atoms in total. The second-order valence-electron chi connectivity index (χ2n) is 4.74. The lowest BCUT2D eigenvalue weighted by molar-refractivity contribution is 0.104. The zero-order valence-electron chi connectivity index (χ0n) is 10.8. The van der Waals surface area contributed by atoms with Crippen molar-refractivity contribution in [3.05, 3.63) is 30.1 Å². The molecule has 2 rings (SSSR count). The highest BCUT2D eigenvalue weighted by atomic mass is 32.2. The summed E-state index contributed by atoms with van der Waals surface area (Å²) < 4.78 is 18.1. The van der Waals surface area contributed by atoms with Crippen LogP contribution in [0, 0.1) is 5.82 Å². The van der Waals surface area contributed by atoms with Crippen molar-refractivity contribution in [1.29, 1.82) is 0 Å². The van der Waals surface area contributed by atoms with Gasteiger partial charge in [0.05, 0.1) is 0 Å². The predicted octanol–water partition coefficient (Wildman–Crippen LogP) is 2.05. The number of aliphatic hydroxyl groups is 1. The molecule has 1 aliphatic rings. The van der Waals surface area contributed by atoms with E-state index in [1.165, 1.54) is 30.7 Å². The first kappa shape index (κ1) is 14.6. The minimum atomic E-state index is -0.544. The Kier molecular flexibility index (Phi) is 5.94. The number of halogens is 1. The van der Waals surface area contributed by atoms with Crippen molar-refractivity contribution in [1.82, 2.24) is 5.32 Å². The molecular weight excluding hydrogens is 265 g/mol. The number of rotatable bonds is 6. The molecule has 1 aliphatic heterocycles. The van der Waals surface area contributed by atoms with Crippen LogP contribution in [-0.2, 0) is 0 Å². The minimum Gasteiger partial charge on any atom is -0.491 e. The van der Waals surface area contributed by atoms with Crippen molar-refractivity contribution in [2.75, 3.05) is 24.7 Å². The average Bonchev–Trinajstić information content (AvgIpc) is 2.45. The zero-order chi connectivity index (χ0) is 13.5. The van der Waals surface area contributed by atoms with E-state index in [9.17, 15) is 9.50 Å². The highest BCUT2D eigenvalue weighted by molar-refractivity contribution is 7.99. The molecule has 0 aromatic heterocycles. The Labute approximate surface area is 117 Å². The summed E-state index contributed by atoms with van der Waals surface area (Å²) in [6, 6.07) is 6.32. The van der Waals surface area contributed by atoms with E-state index in [0.29, 0.717) is 18.3 Å². The fourth-order valence-corrected chi connectivity index (χ4v) is 3.09. The number of benzene rings is 1. The molecule has 0 bridgehead atoms. The summed E-state index contributed by atoms with van der Waals surface area (Å²) >= 11 is 1.96. The molecule has 19 heavy (non-hydrogen) atoms. The molecule has 1 saturated heterocycles. The summed E-state index contributed by atoms with van der Waals surface area (Å²) in [5, 5.41) is 13.2. The van der Waals surface area contributed by atoms with Gasteiger partial charge < -0.3 is 15.2 Å². The standard InChI is InChI=1S/C14H20FNO2S/c15-11-3-5-14(6-4-11)18-9-13(17)8-16-12-2-1-7-19-10-12/h3-6,12-13,16-17H,1-2,7-10H2. The Morgan fingerprint density at radius 1 is 1.42 bits per heavy atom. The molecule has 0 amide bonds. The molecule has 2 N–H and O–H groups in total. The van der Waals surface area contributed by atoms with Crippen molar-refractivity contribution in [3.63, 3.8) is 0 Å². The Bertz CT molecular complexity index is 368. The maximum Gasteiger partial charge on any atom is 0.123 e. The molecule has 1 fully saturated rings. The first-order valence-electron chi connectivity index (χ1n) is 6.61. The maximum absolute atomic E-state index is 12.7. The highest BCUT2D eigenvalue weighted by Gasteiger charge is 2.14. The van der Waals surface area contributed by atoms with Crippen molar-refractivity contribution < 1.29 is 14.2 Å². The topological polar surface area (TPSA) is 41.5 Å². The fourth-order valence-electron chi connectivity index (χ4n) is 1.99. The molecule has 0 spiro atoms. The van der Waals surface area contributed by atoms with Crippen LogP contribution in [0.5, 0.6) is 5.75 Å². The van der Waals surface area contributed by atoms with Gasteiger partial charge in [0, 0.05) is 18.3 Å². The number of hydrogen-bond donors (Lipinski definition) is 2. The minimum absolute atomic E-state index is 0.221. The molecule has 106 valence electrons. The second kappa shape index (κ2) is 7.72. The van der Waals surface area contributed by atoms with Crippen LogP contribution in [0.3, 0.4) is 0 Å². The number of nitrogens with one attached hydrogen (secondary N) is 1. The van der Waals surface area contributed by atoms with E-state index >= 15 is 0 Å². The lowest BCUT2D eigenvalue weighted by Gasteiger charge is -2.24. The Balaban J connectivity index is 1.63. The third-order valence-corrected chi connectivity index (χ3v) is 4.27. The Morgan fingerprint density at radius 3 is 2.89 bits per heavy atom. The lowest BCUT2D eigenvalue weighted by Crippen LogP contribution is -2.40. The van der Waals surface area contributed by atoms with E-state index in [-0.39, 0.29) is 12.4 Å². The molecule has 0 radical (unpaired) electrons. The van der Waals surface area contributed by atoms with Gasteiger partial charge in [-0.3, -0.25) is 0 Å². The highest BCUT2D eigenvalue weighted by Crippen LogP contribution is 2.16. The SMILES string of the molecule is OC(CNC1CCCSC1)COc1ccc(F)cc1. The molecule has 0 saturated carbocycles. The molecule has 1 aromatic carbocycles. The summed E-state index contributed by atoms with van der Waals surface area (Å²) in [7, 11) is 0. The van der Waals surface area contributed by atoms with Crippen molar-refractivity contribution >= 4 is 11.8 Å². The smallest absolute Gasteiger partial charge is 0.123 e. The van der Waals surface area contributed by atoms with E-state index in [2.05, 4.69) is 5.32 Å². The summed E-state index contributed by atoms with van der Waals surface area (Å²) in [6.45, 7) is 0.755. The van der Waals surface area contributed by atoms with Crippen LogP contribution in [0.2, 0.25) is 0 Å². The summed E-state index contributed by atoms with van der Waals surface area (Å²) in [4.78, 5) is 0. The van der Waals surface area contributed by atoms with Gasteiger partial charge in [-0.05, 0) is 42.9 Å². The van der Waals surface area contributed by atoms with Crippen LogP contribution in [0.1, 0.15) is 12.8 Å². The van der Waals surface area contributed by atoms with Crippen LogP contribution >= 0.6 is 11.8 Å². The summed E-state index contributed by atoms with van der Waals surface area (Å²) in [6.07, 6.45) is 1.88. The van der Waals surface area contributed by atoms with Gasteiger partial charge >= 0.3 is 0 Å². The van der Waals surface area contributed by atoms with Gasteiger partial charge in [-0.15, -0.1) is 0 Å². The van der Waals surface area contributed by atoms with E-state index in [0.717, 1.165) is 5.75 Å². The third-order valence-electron chi connectivity index (χ3n) is 3.06. The zero-order valence-corrected chi connectivity index (χ0v) is 11.7. The fraction of sp³-hybridized carbons (Fsp3) is 0.571. The van der Waals surface area contributed by atoms with Crippen molar-refractivity contribution in [2.24, 2.45) is 0 Å². The number of aliphatic hydroxyl groups excluding tert-OH is 1. The van der Waals surface area contributed by atoms with Gasteiger partial charge in [-0.2, -0.15) is 11.8 Å². The molecular formula is C14H20FNO2S. The largest absolute Gasteiger partial charge is 0.491 e. The quantitative estimate of drug-likeness (QED) is 0.839. The van der Waals surface area contributed by atoms with Crippen molar-refractivity contribution in [3.8, 4) is 5.75 Å². The van der Waals surface area contributed by atoms with E-state index < -0.39 is 6.10 Å². The summed E-state index contributed by atoms with van der Waals surface area (Å²) in [5.74, 6) is 2.65. The van der Waals surface area contributed by atoms with Crippen LogP contribution in [0.25, 0.3) is 0 Å². The number of hydrogen-bond acceptors (Lipinski definition) is 4. The van der Waals surface area contributed by atoms with E-state index in [4.69, 9.17) is 4.74 Å². The van der Waals surface area contributed by atoms with Gasteiger partial charge in [0.2, 0.25) is 0 Å². The van der Waals surface area contributed by atoms with Crippen LogP contribution < -0.4 is 10.1 Å². The van der Waals surface area contributed by atoms with Gasteiger partial charge in [0.1, 0.15) is 24.3 Å². The first-order chi connectivity index (χ1) is 9.24. The number of ether oxygens (including phenoxy) is 1. The molecule has 0 aliphatic carbocycles. The molecule has 2 atom stereocenters. The van der Waals surface area contributed by atoms with Gasteiger partial charge in [0.15, 0.2) is 0 Å². The van der Waals surface area contributed by atoms with Crippen LogP contribution in [-0.4, -0.2) is 41.9 Å². The van der Waals surface area contributed by atoms with Gasteiger partial charge in [-0.25, -0.2) is 4.39 Å². The van der Waals surface area contributed by atoms with Crippen LogP contribution in [0.15, 0.2) is 24.3 Å². The summed E-state index contributed by atoms with van der Waals surface area (Å²) in [5.41, 5.74) is 0. The van der Waals surface area contributed by atoms with E-state index in [1.54, 1.807) is 12.1 Å². The lowest BCUT2D eigenvalue weighted by atomic mass is 10.2. The third kappa shape index (κ3) is 5.38. The van der Waals surface area contributed by atoms with Crippen molar-refractivity contribution in [2.45, 2.75) is 25.0 Å². The first-order valence-corrected chi connectivity index (χ1v) is 7.77. The van der Waals surface area contributed by atoms with Crippen LogP contribution in [0.4, 0.5) is 4.39 Å². The van der Waals surface area contributed by atoms with Gasteiger partial charge in [-0.1, -0.05) is 0 Å². The average molecular weight is 285 g/mol. The normalized spacial score (nSPS) is 21.1. The predicted molar refractivity (Wildman–Crippen MR) is 76.3 cm³/mol. The monoisotopic (exact) mass is 285 g/mol.